The summed E-state index contributed by atoms with van der Waals surface area (Å²) in [6, 6.07) is 6.66. The van der Waals surface area contributed by atoms with Crippen LogP contribution in [0.5, 0.6) is 0 Å². The highest BCUT2D eigenvalue weighted by molar-refractivity contribution is 14.0. The molecule has 1 aromatic carbocycles. The number of sulfonamides is 1. The van der Waals surface area contributed by atoms with Crippen LogP contribution in [-0.4, -0.2) is 50.4 Å². The predicted octanol–water partition coefficient (Wildman–Crippen LogP) is 1.85. The Bertz CT molecular complexity index is 667. The second-order valence-corrected chi connectivity index (χ2v) is 8.41. The first kappa shape index (κ1) is 21.5. The Balaban J connectivity index is 0.00000288. The third kappa shape index (κ3) is 6.08. The summed E-state index contributed by atoms with van der Waals surface area (Å²) >= 11 is 2.01. The first-order valence-electron chi connectivity index (χ1n) is 7.63. The van der Waals surface area contributed by atoms with E-state index < -0.39 is 10.0 Å². The molecule has 136 valence electrons. The molecular formula is C15H25IN4O2S2. The number of primary sulfonamides is 1. The summed E-state index contributed by atoms with van der Waals surface area (Å²) in [6.07, 6.45) is 1.15. The Kier molecular flexibility index (Phi) is 8.82. The quantitative estimate of drug-likeness (QED) is 0.387. The van der Waals surface area contributed by atoms with Crippen molar-refractivity contribution in [1.29, 1.82) is 0 Å². The maximum Gasteiger partial charge on any atom is 0.238 e. The lowest BCUT2D eigenvalue weighted by molar-refractivity contribution is 0.408. The van der Waals surface area contributed by atoms with Gasteiger partial charge in [0.25, 0.3) is 0 Å². The molecule has 1 fully saturated rings. The smallest absolute Gasteiger partial charge is 0.238 e. The van der Waals surface area contributed by atoms with Crippen molar-refractivity contribution in [2.45, 2.75) is 30.0 Å². The first-order valence-corrected chi connectivity index (χ1v) is 10.2. The number of thioether (sulfide) groups is 1. The fourth-order valence-corrected chi connectivity index (χ4v) is 4.27. The summed E-state index contributed by atoms with van der Waals surface area (Å²) in [5, 5.41) is 9.11. The lowest BCUT2D eigenvalue weighted by Crippen LogP contribution is -2.47. The van der Waals surface area contributed by atoms with Crippen LogP contribution in [-0.2, 0) is 16.6 Å². The van der Waals surface area contributed by atoms with E-state index in [1.165, 1.54) is 6.07 Å². The Hall–Kier alpha value is -0.520. The summed E-state index contributed by atoms with van der Waals surface area (Å²) in [4.78, 5) is 6.74. The third-order valence-electron chi connectivity index (χ3n) is 3.78. The van der Waals surface area contributed by atoms with Crippen LogP contribution in [0.25, 0.3) is 0 Å². The first-order chi connectivity index (χ1) is 10.9. The molecule has 0 saturated carbocycles. The summed E-state index contributed by atoms with van der Waals surface area (Å²) in [6.45, 7) is 4.67. The topological polar surface area (TPSA) is 87.8 Å². The number of nitrogens with zero attached hydrogens (tertiary/aromatic N) is 2. The number of nitrogens with one attached hydrogen (secondary N) is 1. The average Bonchev–Trinajstić information content (AvgIpc) is 2.55. The average molecular weight is 484 g/mol. The van der Waals surface area contributed by atoms with Gasteiger partial charge in [0.05, 0.1) is 4.90 Å². The van der Waals surface area contributed by atoms with Crippen molar-refractivity contribution in [2.75, 3.05) is 25.9 Å². The molecule has 0 spiro atoms. The standard InChI is InChI=1S/C15H24N4O2S2.HI/c1-3-13-11-19(7-8-22-13)15(17-2)18-10-12-5-4-6-14(9-12)23(16,20)21;/h4-6,9,13H,3,7-8,10-11H2,1-2H3,(H,17,18)(H2,16,20,21);1H. The SMILES string of the molecule is CCC1CN(C(=NC)NCc2cccc(S(N)(=O)=O)c2)CCS1.I. The third-order valence-corrected chi connectivity index (χ3v) is 6.07. The van der Waals surface area contributed by atoms with Crippen molar-refractivity contribution in [3.8, 4) is 0 Å². The minimum Gasteiger partial charge on any atom is -0.352 e. The number of nitrogens with two attached hydrogens (primary N) is 1. The van der Waals surface area contributed by atoms with Crippen molar-refractivity contribution in [3.05, 3.63) is 29.8 Å². The minimum absolute atomic E-state index is 0. The fraction of sp³-hybridized carbons (Fsp3) is 0.533. The lowest BCUT2D eigenvalue weighted by Gasteiger charge is -2.34. The molecule has 0 aromatic heterocycles. The molecule has 1 aliphatic rings. The van der Waals surface area contributed by atoms with Crippen molar-refractivity contribution >= 4 is 51.7 Å². The molecule has 0 amide bonds. The van der Waals surface area contributed by atoms with Crippen LogP contribution in [0.3, 0.4) is 0 Å². The molecule has 1 aliphatic heterocycles. The zero-order chi connectivity index (χ0) is 16.9. The van der Waals surface area contributed by atoms with Crippen LogP contribution < -0.4 is 10.5 Å². The highest BCUT2D eigenvalue weighted by Gasteiger charge is 2.21. The van der Waals surface area contributed by atoms with E-state index in [2.05, 4.69) is 22.1 Å². The van der Waals surface area contributed by atoms with Gasteiger partial charge < -0.3 is 10.2 Å². The zero-order valence-corrected chi connectivity index (χ0v) is 17.9. The van der Waals surface area contributed by atoms with E-state index in [1.54, 1.807) is 19.2 Å². The number of guanidine groups is 1. The van der Waals surface area contributed by atoms with E-state index in [0.29, 0.717) is 11.8 Å². The molecule has 1 atom stereocenters. The number of hydrogen-bond donors (Lipinski definition) is 2. The van der Waals surface area contributed by atoms with Crippen molar-refractivity contribution in [2.24, 2.45) is 10.1 Å². The number of hydrogen-bond acceptors (Lipinski definition) is 4. The fourth-order valence-electron chi connectivity index (χ4n) is 2.50. The van der Waals surface area contributed by atoms with Crippen molar-refractivity contribution < 1.29 is 8.42 Å². The molecule has 3 N–H and O–H groups in total. The molecular weight excluding hydrogens is 459 g/mol. The van der Waals surface area contributed by atoms with Gasteiger partial charge in [-0.05, 0) is 24.1 Å². The molecule has 0 aliphatic carbocycles. The number of benzene rings is 1. The van der Waals surface area contributed by atoms with Gasteiger partial charge in [-0.1, -0.05) is 19.1 Å². The Morgan fingerprint density at radius 3 is 2.88 bits per heavy atom. The van der Waals surface area contributed by atoms with Crippen molar-refractivity contribution in [1.82, 2.24) is 10.2 Å². The van der Waals surface area contributed by atoms with Gasteiger partial charge in [0.2, 0.25) is 10.0 Å². The summed E-state index contributed by atoms with van der Waals surface area (Å²) in [5.74, 6) is 1.95. The van der Waals surface area contributed by atoms with Crippen molar-refractivity contribution in [3.63, 3.8) is 0 Å². The van der Waals surface area contributed by atoms with Gasteiger partial charge in [0.1, 0.15) is 0 Å². The van der Waals surface area contributed by atoms with Crippen LogP contribution in [0.2, 0.25) is 0 Å². The number of halogens is 1. The highest BCUT2D eigenvalue weighted by Crippen LogP contribution is 2.21. The maximum atomic E-state index is 11.4. The second kappa shape index (κ2) is 9.83. The van der Waals surface area contributed by atoms with Crippen LogP contribution in [0.1, 0.15) is 18.9 Å². The summed E-state index contributed by atoms with van der Waals surface area (Å²) in [5.41, 5.74) is 0.858. The summed E-state index contributed by atoms with van der Waals surface area (Å²) in [7, 11) is -1.90. The van der Waals surface area contributed by atoms with E-state index in [0.717, 1.165) is 36.8 Å². The molecule has 24 heavy (non-hydrogen) atoms. The lowest BCUT2D eigenvalue weighted by atomic mass is 10.2. The van der Waals surface area contributed by atoms with Gasteiger partial charge in [-0.15, -0.1) is 24.0 Å². The predicted molar refractivity (Wildman–Crippen MR) is 112 cm³/mol. The Morgan fingerprint density at radius 2 is 2.25 bits per heavy atom. The summed E-state index contributed by atoms with van der Waals surface area (Å²) < 4.78 is 22.8. The molecule has 6 nitrogen and oxygen atoms in total. The maximum absolute atomic E-state index is 11.4. The molecule has 9 heteroatoms. The Morgan fingerprint density at radius 1 is 1.50 bits per heavy atom. The highest BCUT2D eigenvalue weighted by atomic mass is 127. The largest absolute Gasteiger partial charge is 0.352 e. The van der Waals surface area contributed by atoms with E-state index in [9.17, 15) is 8.42 Å². The van der Waals surface area contributed by atoms with Crippen LogP contribution in [0.15, 0.2) is 34.2 Å². The Labute approximate surface area is 165 Å². The molecule has 1 aromatic rings. The zero-order valence-electron chi connectivity index (χ0n) is 13.9. The van der Waals surface area contributed by atoms with E-state index in [1.807, 2.05) is 17.8 Å². The molecule has 0 bridgehead atoms. The van der Waals surface area contributed by atoms with Gasteiger partial charge in [-0.25, -0.2) is 13.6 Å². The van der Waals surface area contributed by atoms with Gasteiger partial charge in [-0.3, -0.25) is 4.99 Å². The normalized spacial score (nSPS) is 18.9. The second-order valence-electron chi connectivity index (χ2n) is 5.44. The van der Waals surface area contributed by atoms with Gasteiger partial charge >= 0.3 is 0 Å². The number of rotatable bonds is 4. The molecule has 1 saturated heterocycles. The molecule has 0 radical (unpaired) electrons. The van der Waals surface area contributed by atoms with E-state index in [-0.39, 0.29) is 28.9 Å². The van der Waals surface area contributed by atoms with Crippen LogP contribution in [0, 0.1) is 0 Å². The van der Waals surface area contributed by atoms with Crippen LogP contribution in [0.4, 0.5) is 0 Å². The number of aliphatic imine (C=N–C) groups is 1. The van der Waals surface area contributed by atoms with Gasteiger partial charge in [0.15, 0.2) is 5.96 Å². The monoisotopic (exact) mass is 484 g/mol. The molecule has 2 rings (SSSR count). The van der Waals surface area contributed by atoms with Crippen LogP contribution >= 0.6 is 35.7 Å². The van der Waals surface area contributed by atoms with Gasteiger partial charge in [0, 0.05) is 37.7 Å². The molecule has 1 heterocycles. The van der Waals surface area contributed by atoms with Gasteiger partial charge in [-0.2, -0.15) is 11.8 Å². The minimum atomic E-state index is -3.67. The molecule has 1 unspecified atom stereocenters. The van der Waals surface area contributed by atoms with E-state index >= 15 is 0 Å². The van der Waals surface area contributed by atoms with E-state index in [4.69, 9.17) is 5.14 Å².